The molecule has 0 radical (unpaired) electrons. The Morgan fingerprint density at radius 1 is 1.20 bits per heavy atom. The fraction of sp³-hybridized carbons (Fsp3) is 0.450. The fourth-order valence-electron chi connectivity index (χ4n) is 3.37. The first kappa shape index (κ1) is 17.5. The molecule has 1 aliphatic rings. The van der Waals surface area contributed by atoms with Gasteiger partial charge >= 0.3 is 0 Å². The monoisotopic (exact) mass is 339 g/mol. The Bertz CT molecular complexity index is 690. The zero-order valence-electron chi connectivity index (χ0n) is 14.6. The first-order valence-electron chi connectivity index (χ1n) is 9.00. The Kier molecular flexibility index (Phi) is 6.12. The van der Waals surface area contributed by atoms with Crippen molar-refractivity contribution in [2.45, 2.75) is 38.7 Å². The maximum atomic E-state index is 12.5. The van der Waals surface area contributed by atoms with Crippen molar-refractivity contribution in [1.29, 1.82) is 0 Å². The van der Waals surface area contributed by atoms with E-state index in [1.165, 1.54) is 25.6 Å². The molecule has 5 heteroatoms. The summed E-state index contributed by atoms with van der Waals surface area (Å²) in [5, 5.41) is 2.96. The van der Waals surface area contributed by atoms with Crippen molar-refractivity contribution in [3.05, 3.63) is 48.5 Å². The minimum absolute atomic E-state index is 0.0975. The third kappa shape index (κ3) is 4.63. The van der Waals surface area contributed by atoms with Crippen LogP contribution in [-0.2, 0) is 4.74 Å². The molecular formula is C20H25N3O2. The summed E-state index contributed by atoms with van der Waals surface area (Å²) in [6.45, 7) is 3.32. The van der Waals surface area contributed by atoms with Crippen LogP contribution in [0.3, 0.4) is 0 Å². The van der Waals surface area contributed by atoms with Crippen LogP contribution in [0.2, 0.25) is 0 Å². The Hall–Kier alpha value is -2.27. The number of nitrogens with zero attached hydrogens (tertiary/aromatic N) is 2. The van der Waals surface area contributed by atoms with Gasteiger partial charge in [-0.25, -0.2) is 9.97 Å². The van der Waals surface area contributed by atoms with E-state index in [2.05, 4.69) is 22.2 Å². The van der Waals surface area contributed by atoms with Crippen LogP contribution >= 0.6 is 0 Å². The molecule has 0 spiro atoms. The van der Waals surface area contributed by atoms with Gasteiger partial charge in [-0.2, -0.15) is 0 Å². The minimum Gasteiger partial charge on any atom is -0.376 e. The molecule has 1 amide bonds. The minimum atomic E-state index is -0.0975. The molecule has 1 heterocycles. The quantitative estimate of drug-likeness (QED) is 0.819. The number of aromatic nitrogens is 2. The molecule has 2 aromatic rings. The van der Waals surface area contributed by atoms with Gasteiger partial charge < -0.3 is 10.1 Å². The van der Waals surface area contributed by atoms with Crippen LogP contribution in [0.4, 0.5) is 0 Å². The summed E-state index contributed by atoms with van der Waals surface area (Å²) in [6.07, 6.45) is 10.2. The molecule has 1 aliphatic carbocycles. The number of carbonyl (C=O) groups excluding carboxylic acids is 1. The molecule has 1 aromatic carbocycles. The van der Waals surface area contributed by atoms with E-state index in [4.69, 9.17) is 4.74 Å². The Morgan fingerprint density at radius 2 is 1.96 bits per heavy atom. The average Bonchev–Trinajstić information content (AvgIpc) is 2.67. The van der Waals surface area contributed by atoms with Crippen LogP contribution in [0.1, 0.15) is 43.0 Å². The van der Waals surface area contributed by atoms with Crippen LogP contribution in [0.25, 0.3) is 11.1 Å². The van der Waals surface area contributed by atoms with Crippen molar-refractivity contribution < 1.29 is 9.53 Å². The molecule has 1 aromatic heterocycles. The van der Waals surface area contributed by atoms with Gasteiger partial charge in [0.1, 0.15) is 6.33 Å². The van der Waals surface area contributed by atoms with Crippen molar-refractivity contribution in [2.75, 3.05) is 13.2 Å². The highest BCUT2D eigenvalue weighted by Crippen LogP contribution is 2.26. The largest absolute Gasteiger partial charge is 0.376 e. The predicted octanol–water partition coefficient (Wildman–Crippen LogP) is 3.47. The first-order valence-corrected chi connectivity index (χ1v) is 9.00. The second-order valence-corrected chi connectivity index (χ2v) is 6.60. The summed E-state index contributed by atoms with van der Waals surface area (Å²) >= 11 is 0. The highest BCUT2D eigenvalue weighted by atomic mass is 16.5. The molecule has 0 aliphatic heterocycles. The fourth-order valence-corrected chi connectivity index (χ4v) is 3.37. The number of hydrogen-bond donors (Lipinski definition) is 1. The number of benzene rings is 1. The van der Waals surface area contributed by atoms with Crippen molar-refractivity contribution in [1.82, 2.24) is 15.3 Å². The van der Waals surface area contributed by atoms with Crippen molar-refractivity contribution in [2.24, 2.45) is 5.92 Å². The number of ether oxygens (including phenoxy) is 1. The Balaban J connectivity index is 1.55. The van der Waals surface area contributed by atoms with Gasteiger partial charge in [-0.1, -0.05) is 38.0 Å². The van der Waals surface area contributed by atoms with Crippen LogP contribution in [0.5, 0.6) is 0 Å². The SMILES string of the molecule is C[C@@H]1CCCC[C@H]1OCCNC(=O)c1ccccc1-c1cncnc1. The van der Waals surface area contributed by atoms with Crippen molar-refractivity contribution in [3.8, 4) is 11.1 Å². The van der Waals surface area contributed by atoms with Gasteiger partial charge in [0.25, 0.3) is 5.91 Å². The van der Waals surface area contributed by atoms with Gasteiger partial charge in [0.2, 0.25) is 0 Å². The number of hydrogen-bond acceptors (Lipinski definition) is 4. The zero-order valence-corrected chi connectivity index (χ0v) is 14.6. The van der Waals surface area contributed by atoms with Gasteiger partial charge in [-0.05, 0) is 30.4 Å². The van der Waals surface area contributed by atoms with Gasteiger partial charge in [-0.15, -0.1) is 0 Å². The third-order valence-corrected chi connectivity index (χ3v) is 4.80. The van der Waals surface area contributed by atoms with E-state index >= 15 is 0 Å². The smallest absolute Gasteiger partial charge is 0.251 e. The van der Waals surface area contributed by atoms with Crippen molar-refractivity contribution >= 4 is 5.91 Å². The molecule has 3 rings (SSSR count). The second kappa shape index (κ2) is 8.72. The van der Waals surface area contributed by atoms with Gasteiger partial charge in [0.05, 0.1) is 12.7 Å². The van der Waals surface area contributed by atoms with Gasteiger partial charge in [0, 0.05) is 30.1 Å². The van der Waals surface area contributed by atoms with E-state index in [9.17, 15) is 4.79 Å². The standard InChI is InChI=1S/C20H25N3O2/c1-15-6-2-5-9-19(15)25-11-10-23-20(24)18-8-4-3-7-17(18)16-12-21-14-22-13-16/h3-4,7-8,12-15,19H,2,5-6,9-11H2,1H3,(H,23,24)/t15-,19-/m1/s1. The molecule has 2 atom stereocenters. The van der Waals surface area contributed by atoms with Gasteiger partial charge in [0.15, 0.2) is 0 Å². The summed E-state index contributed by atoms with van der Waals surface area (Å²) in [4.78, 5) is 20.6. The number of rotatable bonds is 6. The molecule has 1 saturated carbocycles. The molecule has 0 bridgehead atoms. The molecule has 1 fully saturated rings. The molecule has 25 heavy (non-hydrogen) atoms. The first-order chi connectivity index (χ1) is 12.3. The molecule has 132 valence electrons. The highest BCUT2D eigenvalue weighted by molar-refractivity contribution is 6.00. The van der Waals surface area contributed by atoms with Crippen LogP contribution < -0.4 is 5.32 Å². The third-order valence-electron chi connectivity index (χ3n) is 4.80. The van der Waals surface area contributed by atoms with E-state index in [1.807, 2.05) is 24.3 Å². The van der Waals surface area contributed by atoms with Crippen LogP contribution in [-0.4, -0.2) is 35.1 Å². The summed E-state index contributed by atoms with van der Waals surface area (Å²) in [6, 6.07) is 7.50. The van der Waals surface area contributed by atoms with Crippen LogP contribution in [0, 0.1) is 5.92 Å². The summed E-state index contributed by atoms with van der Waals surface area (Å²) in [5.74, 6) is 0.517. The maximum absolute atomic E-state index is 12.5. The van der Waals surface area contributed by atoms with Crippen LogP contribution in [0.15, 0.2) is 43.0 Å². The van der Waals surface area contributed by atoms with E-state index in [1.54, 1.807) is 12.4 Å². The van der Waals surface area contributed by atoms with Crippen molar-refractivity contribution in [3.63, 3.8) is 0 Å². The normalized spacial score (nSPS) is 20.2. The number of amides is 1. The lowest BCUT2D eigenvalue weighted by Crippen LogP contribution is -2.32. The molecule has 0 unspecified atom stereocenters. The molecule has 0 saturated heterocycles. The Morgan fingerprint density at radius 3 is 2.76 bits per heavy atom. The predicted molar refractivity (Wildman–Crippen MR) is 97.2 cm³/mol. The van der Waals surface area contributed by atoms with E-state index in [-0.39, 0.29) is 5.91 Å². The number of carbonyl (C=O) groups is 1. The van der Waals surface area contributed by atoms with E-state index in [0.29, 0.717) is 30.7 Å². The van der Waals surface area contributed by atoms with E-state index in [0.717, 1.165) is 17.5 Å². The Labute approximate surface area is 148 Å². The molecule has 5 nitrogen and oxygen atoms in total. The maximum Gasteiger partial charge on any atom is 0.251 e. The summed E-state index contributed by atoms with van der Waals surface area (Å²) in [5.41, 5.74) is 2.30. The topological polar surface area (TPSA) is 64.1 Å². The van der Waals surface area contributed by atoms with Gasteiger partial charge in [-0.3, -0.25) is 4.79 Å². The second-order valence-electron chi connectivity index (χ2n) is 6.60. The summed E-state index contributed by atoms with van der Waals surface area (Å²) < 4.78 is 5.96. The zero-order chi connectivity index (χ0) is 17.5. The lowest BCUT2D eigenvalue weighted by molar-refractivity contribution is -0.00293. The molecular weight excluding hydrogens is 314 g/mol. The average molecular weight is 339 g/mol. The lowest BCUT2D eigenvalue weighted by Gasteiger charge is -2.28. The molecule has 1 N–H and O–H groups in total. The summed E-state index contributed by atoms with van der Waals surface area (Å²) in [7, 11) is 0. The lowest BCUT2D eigenvalue weighted by atomic mass is 9.88. The highest BCUT2D eigenvalue weighted by Gasteiger charge is 2.21. The number of nitrogens with one attached hydrogen (secondary N) is 1. The van der Waals surface area contributed by atoms with E-state index < -0.39 is 0 Å².